The van der Waals surface area contributed by atoms with Gasteiger partial charge in [0.1, 0.15) is 6.07 Å². The predicted molar refractivity (Wildman–Crippen MR) is 228 cm³/mol. The van der Waals surface area contributed by atoms with Crippen LogP contribution < -0.4 is 0 Å². The van der Waals surface area contributed by atoms with Crippen LogP contribution in [0.4, 0.5) is 0 Å². The highest BCUT2D eigenvalue weighted by molar-refractivity contribution is 7.27. The summed E-state index contributed by atoms with van der Waals surface area (Å²) in [6, 6.07) is 63.7. The number of hydrogen-bond acceptors (Lipinski definition) is 3. The van der Waals surface area contributed by atoms with Gasteiger partial charge in [0.25, 0.3) is 0 Å². The van der Waals surface area contributed by atoms with Crippen LogP contribution in [-0.2, 0) is 0 Å². The lowest BCUT2D eigenvalue weighted by molar-refractivity contribution is 1.20. The van der Waals surface area contributed by atoms with Gasteiger partial charge in [0, 0.05) is 47.3 Å². The molecule has 0 radical (unpaired) electrons. The summed E-state index contributed by atoms with van der Waals surface area (Å²) in [7, 11) is 0. The predicted octanol–water partition coefficient (Wildman–Crippen LogP) is 14.4. The Balaban J connectivity index is 1.21. The Kier molecular flexibility index (Phi) is 6.69. The molecule has 246 valence electrons. The van der Waals surface area contributed by atoms with Crippen LogP contribution in [-0.4, -0.2) is 4.57 Å². The van der Waals surface area contributed by atoms with Crippen LogP contribution in [0.3, 0.4) is 0 Å². The molecule has 0 bridgehead atoms. The summed E-state index contributed by atoms with van der Waals surface area (Å²) >= 11 is 3.58. The van der Waals surface area contributed by atoms with E-state index < -0.39 is 0 Å². The van der Waals surface area contributed by atoms with Gasteiger partial charge >= 0.3 is 0 Å². The number of hydrogen-bond donors (Lipinski definition) is 0. The molecule has 0 aliphatic heterocycles. The van der Waals surface area contributed by atoms with Crippen LogP contribution >= 0.6 is 22.7 Å². The summed E-state index contributed by atoms with van der Waals surface area (Å²) in [4.78, 5) is 0. The van der Waals surface area contributed by atoms with Crippen molar-refractivity contribution in [2.24, 2.45) is 0 Å². The first-order chi connectivity index (χ1) is 26.2. The lowest BCUT2D eigenvalue weighted by atomic mass is 9.96. The van der Waals surface area contributed by atoms with E-state index in [1.165, 1.54) is 74.4 Å². The molecule has 0 saturated heterocycles. The maximum atomic E-state index is 10.4. The Hall–Kier alpha value is -6.51. The summed E-state index contributed by atoms with van der Waals surface area (Å²) in [6.07, 6.45) is 0. The van der Waals surface area contributed by atoms with Crippen molar-refractivity contribution in [1.82, 2.24) is 4.57 Å². The molecule has 3 aromatic heterocycles. The third kappa shape index (κ3) is 4.55. The minimum Gasteiger partial charge on any atom is -0.308 e. The van der Waals surface area contributed by atoms with E-state index in [4.69, 9.17) is 0 Å². The molecule has 4 heteroatoms. The van der Waals surface area contributed by atoms with E-state index in [0.717, 1.165) is 26.8 Å². The SMILES string of the molecule is N#Cc1ccc(-c2cccc3c2sc2ccccc23)c2c1sc1c(-n3c4ccc(-c5ccccc5)cc4c4cc(-c5ccccc5)ccc43)cccc12. The third-order valence-electron chi connectivity index (χ3n) is 10.7. The molecule has 53 heavy (non-hydrogen) atoms. The number of nitriles is 1. The molecule has 0 atom stereocenters. The molecular weight excluding hydrogens is 681 g/mol. The molecule has 0 aliphatic carbocycles. The number of fused-ring (bicyclic) bond motifs is 9. The lowest BCUT2D eigenvalue weighted by Crippen LogP contribution is -1.94. The maximum absolute atomic E-state index is 10.4. The van der Waals surface area contributed by atoms with Crippen LogP contribution in [0.2, 0.25) is 0 Å². The van der Waals surface area contributed by atoms with E-state index in [9.17, 15) is 5.26 Å². The highest BCUT2D eigenvalue weighted by Crippen LogP contribution is 2.48. The average Bonchev–Trinajstić information content (AvgIpc) is 3.91. The van der Waals surface area contributed by atoms with Gasteiger partial charge in [-0.3, -0.25) is 0 Å². The zero-order chi connectivity index (χ0) is 35.0. The van der Waals surface area contributed by atoms with Crippen LogP contribution in [0.15, 0.2) is 170 Å². The Morgan fingerprint density at radius 1 is 0.415 bits per heavy atom. The quantitative estimate of drug-likeness (QED) is 0.179. The minimum atomic E-state index is 0.710. The average molecular weight is 709 g/mol. The second-order valence-corrected chi connectivity index (χ2v) is 15.6. The van der Waals surface area contributed by atoms with Gasteiger partial charge < -0.3 is 4.57 Å². The van der Waals surface area contributed by atoms with E-state index in [1.807, 2.05) is 17.4 Å². The smallest absolute Gasteiger partial charge is 0.101 e. The standard InChI is InChI=1S/C49H28N2S2/c50-29-34-21-24-36(38-17-9-16-37-35-15-7-8-20-45(35)52-48(37)38)46-39-18-10-19-44(49(39)53-47(34)46)51-42-25-22-32(30-11-3-1-4-12-30)27-40(42)41-28-33(23-26-43(41)51)31-13-5-2-6-14-31/h1-28H. The van der Waals surface area contributed by atoms with Gasteiger partial charge in [0.05, 0.1) is 31.7 Å². The van der Waals surface area contributed by atoms with Crippen LogP contribution in [0.1, 0.15) is 5.56 Å². The second kappa shape index (κ2) is 11.8. The Morgan fingerprint density at radius 3 is 1.74 bits per heavy atom. The fourth-order valence-electron chi connectivity index (χ4n) is 8.24. The van der Waals surface area contributed by atoms with Gasteiger partial charge in [-0.05, 0) is 70.3 Å². The van der Waals surface area contributed by atoms with Crippen molar-refractivity contribution in [3.8, 4) is 45.1 Å². The molecule has 0 fully saturated rings. The van der Waals surface area contributed by atoms with Gasteiger partial charge in [0.15, 0.2) is 0 Å². The molecule has 11 aromatic rings. The number of rotatable bonds is 4. The highest BCUT2D eigenvalue weighted by Gasteiger charge is 2.22. The van der Waals surface area contributed by atoms with Crippen molar-refractivity contribution < 1.29 is 0 Å². The normalized spacial score (nSPS) is 11.8. The molecule has 8 aromatic carbocycles. The minimum absolute atomic E-state index is 0.710. The Labute approximate surface area is 313 Å². The molecule has 0 N–H and O–H groups in total. The fourth-order valence-corrected chi connectivity index (χ4v) is 10.8. The molecule has 0 aliphatic rings. The Bertz CT molecular complexity index is 3190. The summed E-state index contributed by atoms with van der Waals surface area (Å²) in [5.41, 5.74) is 11.3. The second-order valence-electron chi connectivity index (χ2n) is 13.5. The largest absolute Gasteiger partial charge is 0.308 e. The summed E-state index contributed by atoms with van der Waals surface area (Å²) in [5, 5.41) is 17.7. The first-order valence-electron chi connectivity index (χ1n) is 17.7. The third-order valence-corrected chi connectivity index (χ3v) is 13.1. The summed E-state index contributed by atoms with van der Waals surface area (Å²) in [5.74, 6) is 0. The molecule has 2 nitrogen and oxygen atoms in total. The number of nitrogens with zero attached hydrogens (tertiary/aromatic N) is 2. The van der Waals surface area contributed by atoms with Gasteiger partial charge in [0.2, 0.25) is 0 Å². The monoisotopic (exact) mass is 708 g/mol. The van der Waals surface area contributed by atoms with Crippen molar-refractivity contribution in [1.29, 1.82) is 5.26 Å². The zero-order valence-corrected chi connectivity index (χ0v) is 30.0. The van der Waals surface area contributed by atoms with Crippen LogP contribution in [0, 0.1) is 11.3 Å². The number of thiophene rings is 2. The highest BCUT2D eigenvalue weighted by atomic mass is 32.1. The summed E-state index contributed by atoms with van der Waals surface area (Å²) in [6.45, 7) is 0. The van der Waals surface area contributed by atoms with E-state index in [0.29, 0.717) is 5.56 Å². The van der Waals surface area contributed by atoms with Crippen LogP contribution in [0.25, 0.3) is 101 Å². The zero-order valence-electron chi connectivity index (χ0n) is 28.4. The first-order valence-corrected chi connectivity index (χ1v) is 19.4. The van der Waals surface area contributed by atoms with Crippen LogP contribution in [0.5, 0.6) is 0 Å². The molecule has 0 unspecified atom stereocenters. The molecule has 0 spiro atoms. The van der Waals surface area contributed by atoms with E-state index in [-0.39, 0.29) is 0 Å². The molecule has 11 rings (SSSR count). The van der Waals surface area contributed by atoms with Crippen molar-refractivity contribution in [3.63, 3.8) is 0 Å². The molecule has 0 amide bonds. The summed E-state index contributed by atoms with van der Waals surface area (Å²) < 4.78 is 7.21. The molecule has 3 heterocycles. The van der Waals surface area contributed by atoms with Crippen molar-refractivity contribution >= 4 is 84.8 Å². The van der Waals surface area contributed by atoms with Gasteiger partial charge in [-0.1, -0.05) is 127 Å². The van der Waals surface area contributed by atoms with E-state index in [1.54, 1.807) is 11.3 Å². The van der Waals surface area contributed by atoms with Crippen molar-refractivity contribution in [2.75, 3.05) is 0 Å². The first kappa shape index (κ1) is 30.1. The van der Waals surface area contributed by atoms with Crippen molar-refractivity contribution in [2.45, 2.75) is 0 Å². The van der Waals surface area contributed by atoms with Crippen molar-refractivity contribution in [3.05, 3.63) is 175 Å². The number of benzene rings is 8. The van der Waals surface area contributed by atoms with Gasteiger partial charge in [-0.15, -0.1) is 22.7 Å². The van der Waals surface area contributed by atoms with Gasteiger partial charge in [-0.2, -0.15) is 5.26 Å². The number of aromatic nitrogens is 1. The lowest BCUT2D eigenvalue weighted by Gasteiger charge is -2.11. The van der Waals surface area contributed by atoms with E-state index >= 15 is 0 Å². The molecule has 0 saturated carbocycles. The van der Waals surface area contributed by atoms with E-state index in [2.05, 4.69) is 174 Å². The Morgan fingerprint density at radius 2 is 1.04 bits per heavy atom. The topological polar surface area (TPSA) is 28.7 Å². The maximum Gasteiger partial charge on any atom is 0.101 e. The molecular formula is C49H28N2S2. The van der Waals surface area contributed by atoms with Gasteiger partial charge in [-0.25, -0.2) is 0 Å². The fraction of sp³-hybridized carbons (Fsp3) is 0.